The van der Waals surface area contributed by atoms with Crippen molar-refractivity contribution in [2.24, 2.45) is 0 Å². The zero-order chi connectivity index (χ0) is 20.3. The van der Waals surface area contributed by atoms with E-state index in [-0.39, 0.29) is 18.1 Å². The maximum atomic E-state index is 12.9. The van der Waals surface area contributed by atoms with Gasteiger partial charge in [0, 0.05) is 17.8 Å². The normalized spacial score (nSPS) is 15.6. The Balaban J connectivity index is 1.67. The van der Waals surface area contributed by atoms with E-state index >= 15 is 0 Å². The molecule has 3 N–H and O–H groups in total. The molecule has 0 aliphatic heterocycles. The second-order valence-electron chi connectivity index (χ2n) is 7.85. The van der Waals surface area contributed by atoms with Crippen LogP contribution < -0.4 is 5.32 Å². The van der Waals surface area contributed by atoms with Crippen LogP contribution in [0.3, 0.4) is 0 Å². The Morgan fingerprint density at radius 3 is 2.43 bits per heavy atom. The number of hydrogen-bond donors (Lipinski definition) is 3. The van der Waals surface area contributed by atoms with E-state index in [0.717, 1.165) is 16.7 Å². The van der Waals surface area contributed by atoms with Crippen LogP contribution in [0.2, 0.25) is 5.82 Å². The molecule has 0 radical (unpaired) electrons. The van der Waals surface area contributed by atoms with Gasteiger partial charge >= 0.3 is 7.12 Å². The molecule has 0 heterocycles. The number of aryl methyl sites for hydroxylation is 2. The lowest BCUT2D eigenvalue weighted by atomic mass is 9.66. The SMILES string of the molecule is Cc1cccc(C[C@H](CC(=O)C2(NC(=O)c3ccccc3C)CC2)B(O)O)c1. The predicted octanol–water partition coefficient (Wildman–Crippen LogP) is 2.61. The number of ketones is 1. The van der Waals surface area contributed by atoms with Gasteiger partial charge in [-0.25, -0.2) is 0 Å². The Hall–Kier alpha value is -2.44. The van der Waals surface area contributed by atoms with Crippen LogP contribution in [0.25, 0.3) is 0 Å². The van der Waals surface area contributed by atoms with Crippen molar-refractivity contribution in [2.75, 3.05) is 0 Å². The van der Waals surface area contributed by atoms with E-state index in [1.54, 1.807) is 12.1 Å². The van der Waals surface area contributed by atoms with E-state index in [9.17, 15) is 19.6 Å². The van der Waals surface area contributed by atoms with Crippen LogP contribution in [-0.2, 0) is 11.2 Å². The Bertz CT molecular complexity index is 876. The minimum absolute atomic E-state index is 0.0136. The van der Waals surface area contributed by atoms with E-state index in [2.05, 4.69) is 5.32 Å². The molecule has 1 fully saturated rings. The number of benzene rings is 2. The summed E-state index contributed by atoms with van der Waals surface area (Å²) in [5, 5.41) is 22.5. The first-order valence-corrected chi connectivity index (χ1v) is 9.64. The average molecular weight is 379 g/mol. The van der Waals surface area contributed by atoms with Crippen LogP contribution in [0.1, 0.15) is 46.3 Å². The summed E-state index contributed by atoms with van der Waals surface area (Å²) < 4.78 is 0. The molecule has 0 spiro atoms. The summed E-state index contributed by atoms with van der Waals surface area (Å²) in [7, 11) is -1.59. The minimum Gasteiger partial charge on any atom is -0.427 e. The second kappa shape index (κ2) is 8.29. The molecule has 3 rings (SSSR count). The first kappa shape index (κ1) is 20.3. The van der Waals surface area contributed by atoms with Gasteiger partial charge in [0.05, 0.1) is 5.54 Å². The molecule has 2 aromatic rings. The number of rotatable bonds is 8. The number of amides is 1. The fraction of sp³-hybridized carbons (Fsp3) is 0.364. The highest BCUT2D eigenvalue weighted by Gasteiger charge is 2.51. The largest absolute Gasteiger partial charge is 0.455 e. The van der Waals surface area contributed by atoms with Crippen LogP contribution in [0.5, 0.6) is 0 Å². The van der Waals surface area contributed by atoms with Crippen molar-refractivity contribution in [1.82, 2.24) is 5.32 Å². The average Bonchev–Trinajstić information content (AvgIpc) is 3.42. The van der Waals surface area contributed by atoms with Crippen LogP contribution in [0, 0.1) is 13.8 Å². The van der Waals surface area contributed by atoms with Gasteiger partial charge in [-0.3, -0.25) is 9.59 Å². The third-order valence-electron chi connectivity index (χ3n) is 5.48. The number of carbonyl (C=O) groups is 2. The number of hydrogen-bond acceptors (Lipinski definition) is 4. The molecule has 1 saturated carbocycles. The molecule has 5 nitrogen and oxygen atoms in total. The van der Waals surface area contributed by atoms with Gasteiger partial charge in [0.2, 0.25) is 0 Å². The Morgan fingerprint density at radius 2 is 1.82 bits per heavy atom. The van der Waals surface area contributed by atoms with Gasteiger partial charge in [0.15, 0.2) is 5.78 Å². The summed E-state index contributed by atoms with van der Waals surface area (Å²) >= 11 is 0. The highest BCUT2D eigenvalue weighted by molar-refractivity contribution is 6.43. The molecule has 0 saturated heterocycles. The highest BCUT2D eigenvalue weighted by atomic mass is 16.4. The zero-order valence-corrected chi connectivity index (χ0v) is 16.3. The van der Waals surface area contributed by atoms with Crippen LogP contribution in [0.4, 0.5) is 0 Å². The molecule has 1 aliphatic rings. The lowest BCUT2D eigenvalue weighted by Gasteiger charge is -2.21. The lowest BCUT2D eigenvalue weighted by molar-refractivity contribution is -0.122. The van der Waals surface area contributed by atoms with Crippen molar-refractivity contribution in [3.05, 3.63) is 70.8 Å². The van der Waals surface area contributed by atoms with Crippen LogP contribution >= 0.6 is 0 Å². The second-order valence-corrected chi connectivity index (χ2v) is 7.85. The molecule has 0 bridgehead atoms. The van der Waals surface area contributed by atoms with Crippen molar-refractivity contribution in [2.45, 2.75) is 50.9 Å². The van der Waals surface area contributed by atoms with Gasteiger partial charge in [0.1, 0.15) is 0 Å². The smallest absolute Gasteiger partial charge is 0.427 e. The molecule has 1 aliphatic carbocycles. The zero-order valence-electron chi connectivity index (χ0n) is 16.3. The Labute approximate surface area is 165 Å². The van der Waals surface area contributed by atoms with E-state index in [4.69, 9.17) is 0 Å². The van der Waals surface area contributed by atoms with Crippen LogP contribution in [0.15, 0.2) is 48.5 Å². The Morgan fingerprint density at radius 1 is 1.11 bits per heavy atom. The summed E-state index contributed by atoms with van der Waals surface area (Å²) in [6, 6.07) is 15.0. The molecular weight excluding hydrogens is 353 g/mol. The fourth-order valence-electron chi connectivity index (χ4n) is 3.57. The molecule has 0 aromatic heterocycles. The molecule has 6 heteroatoms. The summed E-state index contributed by atoms with van der Waals surface area (Å²) in [4.78, 5) is 25.5. The summed E-state index contributed by atoms with van der Waals surface area (Å²) in [6.07, 6.45) is 1.58. The van der Waals surface area contributed by atoms with Crippen molar-refractivity contribution in [1.29, 1.82) is 0 Å². The van der Waals surface area contributed by atoms with E-state index in [1.807, 2.05) is 50.2 Å². The molecule has 2 aromatic carbocycles. The van der Waals surface area contributed by atoms with E-state index in [0.29, 0.717) is 24.8 Å². The topological polar surface area (TPSA) is 86.6 Å². The van der Waals surface area contributed by atoms with Gasteiger partial charge in [-0.15, -0.1) is 0 Å². The number of Topliss-reactive ketones (excluding diaryl/α,β-unsaturated/α-hetero) is 1. The van der Waals surface area contributed by atoms with Gasteiger partial charge in [0.25, 0.3) is 5.91 Å². The number of carbonyl (C=O) groups excluding carboxylic acids is 2. The maximum absolute atomic E-state index is 12.9. The summed E-state index contributed by atoms with van der Waals surface area (Å²) in [6.45, 7) is 3.83. The quantitative estimate of drug-likeness (QED) is 0.616. The molecular formula is C22H26BNO4. The van der Waals surface area contributed by atoms with Gasteiger partial charge in [-0.2, -0.15) is 0 Å². The highest BCUT2D eigenvalue weighted by Crippen LogP contribution is 2.39. The van der Waals surface area contributed by atoms with Crippen molar-refractivity contribution in [3.8, 4) is 0 Å². The van der Waals surface area contributed by atoms with Crippen molar-refractivity contribution < 1.29 is 19.6 Å². The monoisotopic (exact) mass is 379 g/mol. The third kappa shape index (κ3) is 4.69. The van der Waals surface area contributed by atoms with Gasteiger partial charge in [-0.05, 0) is 50.3 Å². The first-order chi connectivity index (χ1) is 13.3. The predicted molar refractivity (Wildman–Crippen MR) is 109 cm³/mol. The van der Waals surface area contributed by atoms with Crippen molar-refractivity contribution in [3.63, 3.8) is 0 Å². The molecule has 28 heavy (non-hydrogen) atoms. The summed E-state index contributed by atoms with van der Waals surface area (Å²) in [5.74, 6) is -1.01. The molecule has 146 valence electrons. The van der Waals surface area contributed by atoms with Gasteiger partial charge in [-0.1, -0.05) is 48.0 Å². The van der Waals surface area contributed by atoms with E-state index in [1.165, 1.54) is 0 Å². The number of nitrogens with one attached hydrogen (secondary N) is 1. The maximum Gasteiger partial charge on any atom is 0.455 e. The fourth-order valence-corrected chi connectivity index (χ4v) is 3.57. The third-order valence-corrected chi connectivity index (χ3v) is 5.48. The van der Waals surface area contributed by atoms with Crippen molar-refractivity contribution >= 4 is 18.8 Å². The molecule has 0 unspecified atom stereocenters. The Kier molecular flexibility index (Phi) is 6.01. The first-order valence-electron chi connectivity index (χ1n) is 9.64. The van der Waals surface area contributed by atoms with Gasteiger partial charge < -0.3 is 15.4 Å². The molecule has 1 amide bonds. The van der Waals surface area contributed by atoms with Crippen LogP contribution in [-0.4, -0.2) is 34.4 Å². The van der Waals surface area contributed by atoms with E-state index < -0.39 is 18.5 Å². The summed E-state index contributed by atoms with van der Waals surface area (Å²) in [5.41, 5.74) is 2.57. The minimum atomic E-state index is -1.59. The lowest BCUT2D eigenvalue weighted by Crippen LogP contribution is -2.44. The standard InChI is InChI=1S/C22H26BNO4/c1-15-6-5-8-17(12-15)13-18(23(27)28)14-20(25)22(10-11-22)24-21(26)19-9-4-3-7-16(19)2/h3-9,12,18,27-28H,10-11,13-14H2,1-2H3,(H,24,26)/t18-/m1/s1. The molecule has 1 atom stereocenters.